The summed E-state index contributed by atoms with van der Waals surface area (Å²) in [4.78, 5) is 12.6. The molecule has 3 rings (SSSR count). The Balaban J connectivity index is 1.66. The minimum absolute atomic E-state index is 0.0884. The minimum Gasteiger partial charge on any atom is -0.349 e. The monoisotopic (exact) mass is 454 g/mol. The van der Waals surface area contributed by atoms with E-state index in [2.05, 4.69) is 10.0 Å². The number of carbonyl (C=O) groups excluding carboxylic acids is 1. The van der Waals surface area contributed by atoms with Crippen LogP contribution in [0.3, 0.4) is 0 Å². The molecule has 168 valence electrons. The van der Waals surface area contributed by atoms with Crippen molar-refractivity contribution in [1.82, 2.24) is 5.32 Å². The zero-order chi connectivity index (χ0) is 22.8. The van der Waals surface area contributed by atoms with Crippen LogP contribution in [0.4, 0.5) is 18.9 Å². The van der Waals surface area contributed by atoms with Gasteiger partial charge >= 0.3 is 6.18 Å². The average Bonchev–Trinajstić information content (AvgIpc) is 2.69. The summed E-state index contributed by atoms with van der Waals surface area (Å²) in [6.07, 6.45) is -3.37. The molecule has 0 saturated heterocycles. The van der Waals surface area contributed by atoms with E-state index in [9.17, 15) is 26.4 Å². The SMILES string of the molecule is Cc1ccc(C)c(S(=O)(=O)Nc2ccc(C(=O)NC3CCCC(C(F)(F)F)C3)cc2)c1. The standard InChI is InChI=1S/C22H25F3N2O3S/c1-14-6-7-15(2)20(12-14)31(29,30)27-18-10-8-16(9-11-18)21(28)26-19-5-3-4-17(13-19)22(23,24)25/h6-12,17,19,27H,3-5,13H2,1-2H3,(H,26,28). The van der Waals surface area contributed by atoms with Crippen LogP contribution in [0, 0.1) is 19.8 Å². The van der Waals surface area contributed by atoms with E-state index in [-0.39, 0.29) is 29.0 Å². The molecule has 1 fully saturated rings. The predicted octanol–water partition coefficient (Wildman–Crippen LogP) is 4.96. The number of halogens is 3. The summed E-state index contributed by atoms with van der Waals surface area (Å²) in [5.74, 6) is -1.87. The van der Waals surface area contributed by atoms with Gasteiger partial charge in [-0.3, -0.25) is 9.52 Å². The number of amides is 1. The maximum absolute atomic E-state index is 13.0. The lowest BCUT2D eigenvalue weighted by Gasteiger charge is -2.31. The summed E-state index contributed by atoms with van der Waals surface area (Å²) in [6, 6.07) is 10.4. The Morgan fingerprint density at radius 3 is 2.35 bits per heavy atom. The van der Waals surface area contributed by atoms with Gasteiger partial charge in [-0.15, -0.1) is 0 Å². The van der Waals surface area contributed by atoms with Crippen molar-refractivity contribution in [3.63, 3.8) is 0 Å². The van der Waals surface area contributed by atoms with Crippen LogP contribution >= 0.6 is 0 Å². The van der Waals surface area contributed by atoms with Crippen molar-refractivity contribution in [2.24, 2.45) is 5.92 Å². The van der Waals surface area contributed by atoms with Crippen molar-refractivity contribution < 1.29 is 26.4 Å². The van der Waals surface area contributed by atoms with E-state index in [0.29, 0.717) is 18.4 Å². The first kappa shape index (κ1) is 23.1. The van der Waals surface area contributed by atoms with E-state index in [1.807, 2.05) is 6.07 Å². The Labute approximate surface area is 180 Å². The molecule has 2 aromatic carbocycles. The second-order valence-corrected chi connectivity index (χ2v) is 9.68. The Kier molecular flexibility index (Phi) is 6.64. The first-order valence-electron chi connectivity index (χ1n) is 10.0. The lowest BCUT2D eigenvalue weighted by molar-refractivity contribution is -0.183. The fraction of sp³-hybridized carbons (Fsp3) is 0.409. The smallest absolute Gasteiger partial charge is 0.349 e. The van der Waals surface area contributed by atoms with Gasteiger partial charge in [-0.25, -0.2) is 8.42 Å². The highest BCUT2D eigenvalue weighted by atomic mass is 32.2. The van der Waals surface area contributed by atoms with Crippen LogP contribution in [-0.2, 0) is 10.0 Å². The van der Waals surface area contributed by atoms with Gasteiger partial charge in [0.05, 0.1) is 10.8 Å². The van der Waals surface area contributed by atoms with Crippen molar-refractivity contribution in [2.45, 2.75) is 56.6 Å². The normalized spacial score (nSPS) is 19.6. The Morgan fingerprint density at radius 1 is 1.03 bits per heavy atom. The van der Waals surface area contributed by atoms with Crippen LogP contribution in [0.2, 0.25) is 0 Å². The van der Waals surface area contributed by atoms with Crippen LogP contribution in [0.15, 0.2) is 47.4 Å². The highest BCUT2D eigenvalue weighted by Gasteiger charge is 2.42. The third kappa shape index (κ3) is 5.78. The lowest BCUT2D eigenvalue weighted by Crippen LogP contribution is -2.41. The fourth-order valence-corrected chi connectivity index (χ4v) is 5.17. The molecular weight excluding hydrogens is 429 g/mol. The highest BCUT2D eigenvalue weighted by molar-refractivity contribution is 7.92. The van der Waals surface area contributed by atoms with Crippen molar-refractivity contribution in [3.05, 3.63) is 59.2 Å². The number of hydrogen-bond acceptors (Lipinski definition) is 3. The second kappa shape index (κ2) is 8.90. The maximum atomic E-state index is 13.0. The van der Waals surface area contributed by atoms with E-state index >= 15 is 0 Å². The summed E-state index contributed by atoms with van der Waals surface area (Å²) < 4.78 is 66.7. The molecule has 2 aromatic rings. The van der Waals surface area contributed by atoms with E-state index in [4.69, 9.17) is 0 Å². The molecule has 0 aliphatic heterocycles. The van der Waals surface area contributed by atoms with Crippen LogP contribution in [0.1, 0.15) is 47.2 Å². The number of benzene rings is 2. The zero-order valence-corrected chi connectivity index (χ0v) is 18.1. The topological polar surface area (TPSA) is 75.3 Å². The third-order valence-corrected chi connectivity index (χ3v) is 7.03. The molecule has 2 atom stereocenters. The summed E-state index contributed by atoms with van der Waals surface area (Å²) in [7, 11) is -3.80. The molecule has 0 spiro atoms. The van der Waals surface area contributed by atoms with E-state index < -0.39 is 34.1 Å². The molecule has 9 heteroatoms. The molecule has 0 aromatic heterocycles. The van der Waals surface area contributed by atoms with Crippen LogP contribution in [-0.4, -0.2) is 26.5 Å². The Morgan fingerprint density at radius 2 is 1.71 bits per heavy atom. The molecule has 1 amide bonds. The van der Waals surface area contributed by atoms with E-state index in [1.165, 1.54) is 24.3 Å². The summed E-state index contributed by atoms with van der Waals surface area (Å²) >= 11 is 0. The number of nitrogens with one attached hydrogen (secondary N) is 2. The van der Waals surface area contributed by atoms with Crippen molar-refractivity contribution in [2.75, 3.05) is 4.72 Å². The molecular formula is C22H25F3N2O3S. The van der Waals surface area contributed by atoms with Crippen molar-refractivity contribution in [3.8, 4) is 0 Å². The Bertz CT molecular complexity index is 1050. The summed E-state index contributed by atoms with van der Waals surface area (Å²) in [5, 5.41) is 2.67. The number of hydrogen-bond donors (Lipinski definition) is 2. The molecule has 0 heterocycles. The molecule has 1 saturated carbocycles. The molecule has 5 nitrogen and oxygen atoms in total. The number of rotatable bonds is 5. The fourth-order valence-electron chi connectivity index (χ4n) is 3.78. The van der Waals surface area contributed by atoms with Gasteiger partial charge in [-0.2, -0.15) is 13.2 Å². The van der Waals surface area contributed by atoms with Gasteiger partial charge in [0, 0.05) is 17.3 Å². The number of carbonyl (C=O) groups is 1. The summed E-state index contributed by atoms with van der Waals surface area (Å²) in [5.41, 5.74) is 1.96. The van der Waals surface area contributed by atoms with Gasteiger partial charge in [0.1, 0.15) is 0 Å². The van der Waals surface area contributed by atoms with Gasteiger partial charge in [-0.1, -0.05) is 18.6 Å². The van der Waals surface area contributed by atoms with Crippen LogP contribution in [0.5, 0.6) is 0 Å². The Hall–Kier alpha value is -2.55. The first-order chi connectivity index (χ1) is 14.5. The van der Waals surface area contributed by atoms with Gasteiger partial charge in [0.15, 0.2) is 0 Å². The molecule has 2 N–H and O–H groups in total. The van der Waals surface area contributed by atoms with Gasteiger partial charge in [0.2, 0.25) is 0 Å². The van der Waals surface area contributed by atoms with Crippen molar-refractivity contribution >= 4 is 21.6 Å². The van der Waals surface area contributed by atoms with Crippen LogP contribution in [0.25, 0.3) is 0 Å². The molecule has 2 unspecified atom stereocenters. The highest BCUT2D eigenvalue weighted by Crippen LogP contribution is 2.37. The minimum atomic E-state index is -4.25. The average molecular weight is 455 g/mol. The molecule has 1 aliphatic rings. The quantitative estimate of drug-likeness (QED) is 0.671. The van der Waals surface area contributed by atoms with Gasteiger partial charge in [-0.05, 0) is 74.6 Å². The molecule has 0 radical (unpaired) electrons. The molecule has 1 aliphatic carbocycles. The number of anilines is 1. The lowest BCUT2D eigenvalue weighted by atomic mass is 9.85. The zero-order valence-electron chi connectivity index (χ0n) is 17.3. The largest absolute Gasteiger partial charge is 0.391 e. The van der Waals surface area contributed by atoms with Crippen LogP contribution < -0.4 is 10.0 Å². The van der Waals surface area contributed by atoms with Gasteiger partial charge in [0.25, 0.3) is 15.9 Å². The summed E-state index contributed by atoms with van der Waals surface area (Å²) in [6.45, 7) is 3.51. The third-order valence-electron chi connectivity index (χ3n) is 5.50. The second-order valence-electron chi connectivity index (χ2n) is 8.03. The number of sulfonamides is 1. The number of aryl methyl sites for hydroxylation is 2. The van der Waals surface area contributed by atoms with E-state index in [1.54, 1.807) is 26.0 Å². The molecule has 0 bridgehead atoms. The molecule has 31 heavy (non-hydrogen) atoms. The maximum Gasteiger partial charge on any atom is 0.391 e. The first-order valence-corrected chi connectivity index (χ1v) is 11.5. The number of alkyl halides is 3. The predicted molar refractivity (Wildman–Crippen MR) is 112 cm³/mol. The van der Waals surface area contributed by atoms with Crippen molar-refractivity contribution in [1.29, 1.82) is 0 Å². The van der Waals surface area contributed by atoms with E-state index in [0.717, 1.165) is 5.56 Å². The van der Waals surface area contributed by atoms with Gasteiger partial charge < -0.3 is 5.32 Å².